The number of rotatable bonds is 5. The fourth-order valence-electron chi connectivity index (χ4n) is 2.50. The predicted octanol–water partition coefficient (Wildman–Crippen LogP) is 3.13. The third-order valence-electron chi connectivity index (χ3n) is 3.80. The van der Waals surface area contributed by atoms with E-state index in [-0.39, 0.29) is 10.5 Å². The highest BCUT2D eigenvalue weighted by atomic mass is 32.2. The van der Waals surface area contributed by atoms with Gasteiger partial charge >= 0.3 is 5.97 Å². The van der Waals surface area contributed by atoms with Crippen LogP contribution in [0, 0.1) is 13.8 Å². The van der Waals surface area contributed by atoms with Crippen LogP contribution in [0.25, 0.3) is 0 Å². The summed E-state index contributed by atoms with van der Waals surface area (Å²) >= 11 is 0. The van der Waals surface area contributed by atoms with Gasteiger partial charge in [-0.1, -0.05) is 29.8 Å². The summed E-state index contributed by atoms with van der Waals surface area (Å²) in [5, 5.41) is 0. The molecule has 2 aromatic rings. The summed E-state index contributed by atoms with van der Waals surface area (Å²) in [6.45, 7) is 5.70. The lowest BCUT2D eigenvalue weighted by molar-refractivity contribution is 0.0600. The number of benzene rings is 2. The fraction of sp³-hybridized carbons (Fsp3) is 0.278. The van der Waals surface area contributed by atoms with E-state index < -0.39 is 22.0 Å². The molecule has 0 saturated carbocycles. The molecule has 0 spiro atoms. The third-order valence-corrected chi connectivity index (χ3v) is 5.34. The van der Waals surface area contributed by atoms with E-state index in [9.17, 15) is 13.2 Å². The average molecular weight is 347 g/mol. The quantitative estimate of drug-likeness (QED) is 0.844. The number of ether oxygens (including phenoxy) is 1. The van der Waals surface area contributed by atoms with Crippen molar-refractivity contribution >= 4 is 16.0 Å². The Bertz CT molecular complexity index is 859. The Morgan fingerprint density at radius 3 is 2.50 bits per heavy atom. The number of aryl methyl sites for hydroxylation is 2. The number of nitrogens with one attached hydrogen (secondary N) is 1. The SMILES string of the molecule is COC(=O)c1cccc(S(=O)(=O)N[C@@H](C)c2cc(C)ccc2C)c1. The molecule has 0 fully saturated rings. The van der Waals surface area contributed by atoms with Gasteiger partial charge in [0, 0.05) is 6.04 Å². The Kier molecular flexibility index (Phi) is 5.41. The van der Waals surface area contributed by atoms with Crippen molar-refractivity contribution < 1.29 is 17.9 Å². The molecule has 0 aliphatic carbocycles. The molecular weight excluding hydrogens is 326 g/mol. The van der Waals surface area contributed by atoms with Crippen LogP contribution in [-0.2, 0) is 14.8 Å². The lowest BCUT2D eigenvalue weighted by atomic mass is 10.0. The Hall–Kier alpha value is -2.18. The highest BCUT2D eigenvalue weighted by Crippen LogP contribution is 2.22. The molecule has 5 nitrogen and oxygen atoms in total. The van der Waals surface area contributed by atoms with E-state index in [4.69, 9.17) is 0 Å². The topological polar surface area (TPSA) is 72.5 Å². The van der Waals surface area contributed by atoms with Crippen LogP contribution >= 0.6 is 0 Å². The predicted molar refractivity (Wildman–Crippen MR) is 92.4 cm³/mol. The molecule has 1 atom stereocenters. The summed E-state index contributed by atoms with van der Waals surface area (Å²) in [4.78, 5) is 11.6. The Morgan fingerprint density at radius 2 is 1.83 bits per heavy atom. The molecule has 24 heavy (non-hydrogen) atoms. The highest BCUT2D eigenvalue weighted by molar-refractivity contribution is 7.89. The van der Waals surface area contributed by atoms with Gasteiger partial charge in [0.05, 0.1) is 17.6 Å². The van der Waals surface area contributed by atoms with Crippen molar-refractivity contribution in [3.05, 3.63) is 64.7 Å². The minimum atomic E-state index is -3.76. The summed E-state index contributed by atoms with van der Waals surface area (Å²) < 4.78 is 32.5. The number of sulfonamides is 1. The smallest absolute Gasteiger partial charge is 0.337 e. The van der Waals surface area contributed by atoms with Crippen LogP contribution in [0.4, 0.5) is 0 Å². The van der Waals surface area contributed by atoms with E-state index in [0.717, 1.165) is 16.7 Å². The van der Waals surface area contributed by atoms with E-state index in [1.807, 2.05) is 32.0 Å². The maximum atomic E-state index is 12.6. The van der Waals surface area contributed by atoms with Gasteiger partial charge in [-0.25, -0.2) is 17.9 Å². The van der Waals surface area contributed by atoms with Crippen LogP contribution in [0.3, 0.4) is 0 Å². The molecule has 2 rings (SSSR count). The van der Waals surface area contributed by atoms with E-state index in [1.54, 1.807) is 6.92 Å². The standard InChI is InChI=1S/C18H21NO4S/c1-12-8-9-13(2)17(10-12)14(3)19-24(21,22)16-7-5-6-15(11-16)18(20)23-4/h5-11,14,19H,1-4H3/t14-/m0/s1. The van der Waals surface area contributed by atoms with Gasteiger partial charge in [-0.3, -0.25) is 0 Å². The van der Waals surface area contributed by atoms with Gasteiger partial charge in [0.25, 0.3) is 0 Å². The normalized spacial score (nSPS) is 12.7. The van der Waals surface area contributed by atoms with E-state index in [2.05, 4.69) is 9.46 Å². The van der Waals surface area contributed by atoms with Crippen LogP contribution in [0.2, 0.25) is 0 Å². The summed E-state index contributed by atoms with van der Waals surface area (Å²) in [7, 11) is -2.50. The maximum absolute atomic E-state index is 12.6. The Morgan fingerprint density at radius 1 is 1.12 bits per heavy atom. The summed E-state index contributed by atoms with van der Waals surface area (Å²) in [6, 6.07) is 11.3. The van der Waals surface area contributed by atoms with Crippen molar-refractivity contribution in [2.45, 2.75) is 31.7 Å². The maximum Gasteiger partial charge on any atom is 0.337 e. The Balaban J connectivity index is 2.31. The first-order valence-corrected chi connectivity index (χ1v) is 9.01. The molecule has 0 aliphatic heterocycles. The monoisotopic (exact) mass is 347 g/mol. The van der Waals surface area contributed by atoms with E-state index >= 15 is 0 Å². The van der Waals surface area contributed by atoms with Crippen molar-refractivity contribution in [2.75, 3.05) is 7.11 Å². The van der Waals surface area contributed by atoms with Crippen molar-refractivity contribution in [1.29, 1.82) is 0 Å². The summed E-state index contributed by atoms with van der Waals surface area (Å²) in [5.74, 6) is -0.574. The van der Waals surface area contributed by atoms with Crippen molar-refractivity contribution in [3.63, 3.8) is 0 Å². The number of hydrogen-bond donors (Lipinski definition) is 1. The first kappa shape index (κ1) is 18.2. The van der Waals surface area contributed by atoms with Gasteiger partial charge in [0.15, 0.2) is 0 Å². The number of esters is 1. The fourth-order valence-corrected chi connectivity index (χ4v) is 3.77. The van der Waals surface area contributed by atoms with Crippen molar-refractivity contribution in [2.24, 2.45) is 0 Å². The van der Waals surface area contributed by atoms with E-state index in [0.29, 0.717) is 0 Å². The first-order chi connectivity index (χ1) is 11.2. The molecule has 0 amide bonds. The lowest BCUT2D eigenvalue weighted by Crippen LogP contribution is -2.27. The van der Waals surface area contributed by atoms with Gasteiger partial charge < -0.3 is 4.74 Å². The van der Waals surface area contributed by atoms with Gasteiger partial charge in [0.1, 0.15) is 0 Å². The van der Waals surface area contributed by atoms with Crippen molar-refractivity contribution in [1.82, 2.24) is 4.72 Å². The molecule has 0 unspecified atom stereocenters. The molecule has 0 radical (unpaired) electrons. The summed E-state index contributed by atoms with van der Waals surface area (Å²) in [6.07, 6.45) is 0. The zero-order valence-corrected chi connectivity index (χ0v) is 15.0. The van der Waals surface area contributed by atoms with Gasteiger partial charge in [0.2, 0.25) is 10.0 Å². The number of carbonyl (C=O) groups is 1. The molecule has 0 saturated heterocycles. The zero-order valence-electron chi connectivity index (χ0n) is 14.2. The number of hydrogen-bond acceptors (Lipinski definition) is 4. The van der Waals surface area contributed by atoms with E-state index in [1.165, 1.54) is 31.4 Å². The molecule has 0 aliphatic rings. The second-order valence-corrected chi connectivity index (χ2v) is 7.44. The van der Waals surface area contributed by atoms with Gasteiger partial charge in [-0.05, 0) is 50.1 Å². The van der Waals surface area contributed by atoms with Crippen LogP contribution in [0.5, 0.6) is 0 Å². The Labute approximate surface area is 142 Å². The third kappa shape index (κ3) is 4.01. The van der Waals surface area contributed by atoms with Crippen LogP contribution < -0.4 is 4.72 Å². The molecule has 0 heterocycles. The number of carbonyl (C=O) groups excluding carboxylic acids is 1. The molecule has 128 valence electrons. The molecule has 0 bridgehead atoms. The highest BCUT2D eigenvalue weighted by Gasteiger charge is 2.20. The molecule has 6 heteroatoms. The largest absolute Gasteiger partial charge is 0.465 e. The molecule has 1 N–H and O–H groups in total. The average Bonchev–Trinajstić information content (AvgIpc) is 2.56. The zero-order chi connectivity index (χ0) is 17.9. The first-order valence-electron chi connectivity index (χ1n) is 7.52. The second-order valence-electron chi connectivity index (χ2n) is 5.72. The molecular formula is C18H21NO4S. The minimum absolute atomic E-state index is 0.0301. The van der Waals surface area contributed by atoms with Gasteiger partial charge in [-0.2, -0.15) is 0 Å². The van der Waals surface area contributed by atoms with Gasteiger partial charge in [-0.15, -0.1) is 0 Å². The van der Waals surface area contributed by atoms with Crippen LogP contribution in [0.15, 0.2) is 47.4 Å². The summed E-state index contributed by atoms with van der Waals surface area (Å²) in [5.41, 5.74) is 3.19. The molecule has 2 aromatic carbocycles. The minimum Gasteiger partial charge on any atom is -0.465 e. The molecule has 0 aromatic heterocycles. The lowest BCUT2D eigenvalue weighted by Gasteiger charge is -2.17. The number of methoxy groups -OCH3 is 1. The van der Waals surface area contributed by atoms with Crippen LogP contribution in [0.1, 0.15) is 40.0 Å². The van der Waals surface area contributed by atoms with Crippen LogP contribution in [-0.4, -0.2) is 21.5 Å². The van der Waals surface area contributed by atoms with Crippen molar-refractivity contribution in [3.8, 4) is 0 Å². The second kappa shape index (κ2) is 7.15.